The van der Waals surface area contributed by atoms with E-state index in [1.807, 2.05) is 45.0 Å². The van der Waals surface area contributed by atoms with Crippen LogP contribution in [-0.4, -0.2) is 35.0 Å². The molecule has 1 N–H and O–H groups in total. The zero-order chi connectivity index (χ0) is 15.6. The first-order chi connectivity index (χ1) is 9.78. The molecule has 1 aliphatic rings. The maximum Gasteiger partial charge on any atom is 0.249 e. The second-order valence-electron chi connectivity index (χ2n) is 6.25. The highest BCUT2D eigenvalue weighted by Crippen LogP contribution is 2.23. The number of nitrogens with one attached hydrogen (secondary N) is 1. The minimum Gasteiger partial charge on any atom is -0.366 e. The van der Waals surface area contributed by atoms with Crippen molar-refractivity contribution in [2.45, 2.75) is 45.9 Å². The molecular formula is C16H22N2O3. The van der Waals surface area contributed by atoms with Crippen LogP contribution in [-0.2, 0) is 20.9 Å². The Morgan fingerprint density at radius 3 is 2.71 bits per heavy atom. The number of nitrogens with zero attached hydrogens (tertiary/aromatic N) is 1. The Morgan fingerprint density at radius 1 is 1.38 bits per heavy atom. The average molecular weight is 290 g/mol. The number of fused-ring (bicyclic) bond motifs is 1. The average Bonchev–Trinajstić information content (AvgIpc) is 2.53. The topological polar surface area (TPSA) is 58.6 Å². The molecule has 0 saturated carbocycles. The Bertz CT molecular complexity index is 549. The molecule has 0 aliphatic carbocycles. The number of benzene rings is 1. The van der Waals surface area contributed by atoms with Gasteiger partial charge in [-0.1, -0.05) is 18.2 Å². The SMILES string of the molecule is CC1C(=O)Nc2ccccc2CN1C(=O)COC(C)(C)C. The molecule has 0 aromatic heterocycles. The van der Waals surface area contributed by atoms with E-state index in [9.17, 15) is 9.59 Å². The van der Waals surface area contributed by atoms with Crippen LogP contribution in [0.25, 0.3) is 0 Å². The third-order valence-corrected chi connectivity index (χ3v) is 3.41. The van der Waals surface area contributed by atoms with Gasteiger partial charge in [-0.15, -0.1) is 0 Å². The minimum atomic E-state index is -0.520. The molecule has 1 aliphatic heterocycles. The number of ether oxygens (including phenoxy) is 1. The minimum absolute atomic E-state index is 0.0245. The summed E-state index contributed by atoms with van der Waals surface area (Å²) < 4.78 is 5.53. The lowest BCUT2D eigenvalue weighted by atomic mass is 10.1. The van der Waals surface area contributed by atoms with Crippen molar-refractivity contribution in [3.8, 4) is 0 Å². The fourth-order valence-corrected chi connectivity index (χ4v) is 2.14. The van der Waals surface area contributed by atoms with E-state index in [1.54, 1.807) is 11.8 Å². The van der Waals surface area contributed by atoms with E-state index in [0.717, 1.165) is 11.3 Å². The van der Waals surface area contributed by atoms with Crippen molar-refractivity contribution >= 4 is 17.5 Å². The van der Waals surface area contributed by atoms with Crippen LogP contribution in [0.1, 0.15) is 33.3 Å². The van der Waals surface area contributed by atoms with Crippen LogP contribution >= 0.6 is 0 Å². The van der Waals surface area contributed by atoms with Gasteiger partial charge in [-0.25, -0.2) is 0 Å². The van der Waals surface area contributed by atoms with Crippen LogP contribution in [0.4, 0.5) is 5.69 Å². The molecular weight excluding hydrogens is 268 g/mol. The van der Waals surface area contributed by atoms with Crippen molar-refractivity contribution < 1.29 is 14.3 Å². The van der Waals surface area contributed by atoms with Gasteiger partial charge >= 0.3 is 0 Å². The van der Waals surface area contributed by atoms with E-state index >= 15 is 0 Å². The van der Waals surface area contributed by atoms with Crippen molar-refractivity contribution in [3.63, 3.8) is 0 Å². The van der Waals surface area contributed by atoms with Gasteiger partial charge in [0.05, 0.1) is 5.60 Å². The second-order valence-corrected chi connectivity index (χ2v) is 6.25. The standard InChI is InChI=1S/C16H22N2O3/c1-11-15(20)17-13-8-6-5-7-12(13)9-18(11)14(19)10-21-16(2,3)4/h5-8,11H,9-10H2,1-4H3,(H,17,20). The van der Waals surface area contributed by atoms with Crippen molar-refractivity contribution in [2.24, 2.45) is 0 Å². The molecule has 0 fully saturated rings. The van der Waals surface area contributed by atoms with Gasteiger partial charge in [0.1, 0.15) is 12.6 Å². The summed E-state index contributed by atoms with van der Waals surface area (Å²) in [5, 5.41) is 2.86. The van der Waals surface area contributed by atoms with Gasteiger partial charge < -0.3 is 15.0 Å². The van der Waals surface area contributed by atoms with Crippen LogP contribution in [0.15, 0.2) is 24.3 Å². The van der Waals surface area contributed by atoms with E-state index < -0.39 is 6.04 Å². The number of anilines is 1. The monoisotopic (exact) mass is 290 g/mol. The highest BCUT2D eigenvalue weighted by Gasteiger charge is 2.30. The molecule has 1 unspecified atom stereocenters. The van der Waals surface area contributed by atoms with E-state index in [4.69, 9.17) is 4.74 Å². The maximum atomic E-state index is 12.4. The van der Waals surface area contributed by atoms with Crippen molar-refractivity contribution in [2.75, 3.05) is 11.9 Å². The summed E-state index contributed by atoms with van der Waals surface area (Å²) in [4.78, 5) is 26.1. The van der Waals surface area contributed by atoms with Gasteiger partial charge in [0, 0.05) is 12.2 Å². The fraction of sp³-hybridized carbons (Fsp3) is 0.500. The van der Waals surface area contributed by atoms with Crippen LogP contribution in [0.5, 0.6) is 0 Å². The van der Waals surface area contributed by atoms with Gasteiger partial charge in [0.15, 0.2) is 0 Å². The predicted octanol–water partition coefficient (Wildman–Crippen LogP) is 2.17. The Balaban J connectivity index is 2.18. The van der Waals surface area contributed by atoms with Crippen LogP contribution in [0.3, 0.4) is 0 Å². The highest BCUT2D eigenvalue weighted by atomic mass is 16.5. The molecule has 5 nitrogen and oxygen atoms in total. The number of amides is 2. The zero-order valence-electron chi connectivity index (χ0n) is 13.0. The first-order valence-corrected chi connectivity index (χ1v) is 7.10. The molecule has 21 heavy (non-hydrogen) atoms. The van der Waals surface area contributed by atoms with Crippen molar-refractivity contribution in [1.29, 1.82) is 0 Å². The Hall–Kier alpha value is -1.88. The molecule has 0 spiro atoms. The number of carbonyl (C=O) groups is 2. The predicted molar refractivity (Wildman–Crippen MR) is 80.8 cm³/mol. The fourth-order valence-electron chi connectivity index (χ4n) is 2.14. The largest absolute Gasteiger partial charge is 0.366 e. The van der Waals surface area contributed by atoms with Gasteiger partial charge in [-0.05, 0) is 39.3 Å². The molecule has 0 saturated heterocycles. The summed E-state index contributed by atoms with van der Waals surface area (Å²) in [5.74, 6) is -0.353. The molecule has 2 rings (SSSR count). The summed E-state index contributed by atoms with van der Waals surface area (Å²) in [6.45, 7) is 7.80. The summed E-state index contributed by atoms with van der Waals surface area (Å²) in [6, 6.07) is 7.01. The van der Waals surface area contributed by atoms with Crippen LogP contribution in [0, 0.1) is 0 Å². The number of rotatable bonds is 2. The third kappa shape index (κ3) is 3.82. The van der Waals surface area contributed by atoms with Crippen LogP contribution < -0.4 is 5.32 Å². The van der Waals surface area contributed by atoms with Gasteiger partial charge in [0.2, 0.25) is 11.8 Å². The second kappa shape index (κ2) is 5.85. The van der Waals surface area contributed by atoms with E-state index in [-0.39, 0.29) is 24.0 Å². The lowest BCUT2D eigenvalue weighted by Crippen LogP contribution is -2.45. The van der Waals surface area contributed by atoms with E-state index in [1.165, 1.54) is 0 Å². The first kappa shape index (κ1) is 15.5. The van der Waals surface area contributed by atoms with E-state index in [2.05, 4.69) is 5.32 Å². The molecule has 1 heterocycles. The summed E-state index contributed by atoms with van der Waals surface area (Å²) in [6.07, 6.45) is 0. The Morgan fingerprint density at radius 2 is 2.05 bits per heavy atom. The zero-order valence-corrected chi connectivity index (χ0v) is 13.0. The molecule has 1 atom stereocenters. The molecule has 1 aromatic rings. The molecule has 1 aromatic carbocycles. The highest BCUT2D eigenvalue weighted by molar-refractivity contribution is 5.98. The van der Waals surface area contributed by atoms with E-state index in [0.29, 0.717) is 6.54 Å². The first-order valence-electron chi connectivity index (χ1n) is 7.10. The maximum absolute atomic E-state index is 12.4. The molecule has 5 heteroatoms. The number of carbonyl (C=O) groups excluding carboxylic acids is 2. The number of hydrogen-bond acceptors (Lipinski definition) is 3. The van der Waals surface area contributed by atoms with Crippen molar-refractivity contribution in [1.82, 2.24) is 4.90 Å². The lowest BCUT2D eigenvalue weighted by molar-refractivity contribution is -0.146. The summed E-state index contributed by atoms with van der Waals surface area (Å²) in [5.41, 5.74) is 1.31. The van der Waals surface area contributed by atoms with Gasteiger partial charge in [-0.2, -0.15) is 0 Å². The normalized spacial score (nSPS) is 18.8. The van der Waals surface area contributed by atoms with Gasteiger partial charge in [0.25, 0.3) is 0 Å². The third-order valence-electron chi connectivity index (χ3n) is 3.41. The van der Waals surface area contributed by atoms with Crippen LogP contribution in [0.2, 0.25) is 0 Å². The Kier molecular flexibility index (Phi) is 4.32. The smallest absolute Gasteiger partial charge is 0.249 e. The molecule has 0 radical (unpaired) electrons. The van der Waals surface area contributed by atoms with Crippen molar-refractivity contribution in [3.05, 3.63) is 29.8 Å². The lowest BCUT2D eigenvalue weighted by Gasteiger charge is -2.27. The molecule has 2 amide bonds. The molecule has 0 bridgehead atoms. The summed E-state index contributed by atoms with van der Waals surface area (Å²) >= 11 is 0. The quantitative estimate of drug-likeness (QED) is 0.908. The van der Waals surface area contributed by atoms with Gasteiger partial charge in [-0.3, -0.25) is 9.59 Å². The number of para-hydroxylation sites is 1. The number of hydrogen-bond donors (Lipinski definition) is 1. The summed E-state index contributed by atoms with van der Waals surface area (Å²) in [7, 11) is 0. The Labute approximate surface area is 125 Å². The molecule has 114 valence electrons.